The van der Waals surface area contributed by atoms with Crippen LogP contribution in [0.5, 0.6) is 0 Å². The first-order valence-electron chi connectivity index (χ1n) is 5.48. The molecule has 0 spiro atoms. The Morgan fingerprint density at radius 3 is 2.55 bits per heavy atom. The lowest BCUT2D eigenvalue weighted by atomic mass is 10.2. The Morgan fingerprint density at radius 2 is 2.00 bits per heavy atom. The van der Waals surface area contributed by atoms with Crippen LogP contribution in [0, 0.1) is 6.92 Å². The van der Waals surface area contributed by atoms with Gasteiger partial charge >= 0.3 is 0 Å². The number of benzene rings is 1. The van der Waals surface area contributed by atoms with E-state index < -0.39 is 15.9 Å². The number of nitrogens with one attached hydrogen (secondary N) is 1. The topological polar surface area (TPSA) is 102 Å². The van der Waals surface area contributed by atoms with E-state index >= 15 is 0 Å². The Bertz CT molecular complexity index is 768. The quantitative estimate of drug-likeness (QED) is 0.905. The van der Waals surface area contributed by atoms with Crippen molar-refractivity contribution in [3.8, 4) is 0 Å². The van der Waals surface area contributed by atoms with E-state index in [1.165, 1.54) is 24.3 Å². The van der Waals surface area contributed by atoms with Gasteiger partial charge in [0.15, 0.2) is 11.0 Å². The van der Waals surface area contributed by atoms with Gasteiger partial charge in [-0.1, -0.05) is 6.07 Å². The number of anilines is 1. The highest BCUT2D eigenvalue weighted by atomic mass is 35.5. The van der Waals surface area contributed by atoms with Crippen molar-refractivity contribution in [2.75, 3.05) is 5.32 Å². The molecule has 1 amide bonds. The zero-order valence-corrected chi connectivity index (χ0v) is 12.0. The Balaban J connectivity index is 2.33. The lowest BCUT2D eigenvalue weighted by molar-refractivity contribution is 0.0996. The normalized spacial score (nSPS) is 11.3. The lowest BCUT2D eigenvalue weighted by Crippen LogP contribution is -2.16. The zero-order valence-electron chi connectivity index (χ0n) is 10.4. The lowest BCUT2D eigenvalue weighted by Gasteiger charge is -2.10. The summed E-state index contributed by atoms with van der Waals surface area (Å²) in [5.41, 5.74) is 0.676. The predicted octanol–water partition coefficient (Wildman–Crippen LogP) is 2.14. The fourth-order valence-electron chi connectivity index (χ4n) is 1.68. The first kappa shape index (κ1) is 14.6. The standard InChI is InChI=1S/C12H11ClN2O4S/c1-7-8(3-2-4-10(7)20(14,17)18)15-12(16)9-5-6-11(13)19-9/h2-6H,1H3,(H,15,16)(H2,14,17,18). The smallest absolute Gasteiger partial charge is 0.291 e. The summed E-state index contributed by atoms with van der Waals surface area (Å²) in [5.74, 6) is -0.512. The third kappa shape index (κ3) is 3.01. The SMILES string of the molecule is Cc1c(NC(=O)c2ccc(Cl)o2)cccc1S(N)(=O)=O. The van der Waals surface area contributed by atoms with Gasteiger partial charge in [-0.15, -0.1) is 0 Å². The van der Waals surface area contributed by atoms with Crippen molar-refractivity contribution in [1.82, 2.24) is 0 Å². The Hall–Kier alpha value is -1.83. The number of primary sulfonamides is 1. The maximum Gasteiger partial charge on any atom is 0.291 e. The molecule has 6 nitrogen and oxygen atoms in total. The van der Waals surface area contributed by atoms with E-state index in [0.29, 0.717) is 11.3 Å². The molecule has 2 rings (SSSR count). The minimum Gasteiger partial charge on any atom is -0.440 e. The molecule has 0 atom stereocenters. The minimum absolute atomic E-state index is 0.0235. The summed E-state index contributed by atoms with van der Waals surface area (Å²) in [6, 6.07) is 7.26. The summed E-state index contributed by atoms with van der Waals surface area (Å²) < 4.78 is 27.8. The molecule has 0 aliphatic carbocycles. The summed E-state index contributed by atoms with van der Waals surface area (Å²) in [6.07, 6.45) is 0. The van der Waals surface area contributed by atoms with E-state index in [1.807, 2.05) is 0 Å². The van der Waals surface area contributed by atoms with Crippen molar-refractivity contribution in [3.63, 3.8) is 0 Å². The van der Waals surface area contributed by atoms with Gasteiger partial charge in [0, 0.05) is 5.69 Å². The van der Waals surface area contributed by atoms with Crippen LogP contribution in [-0.4, -0.2) is 14.3 Å². The van der Waals surface area contributed by atoms with E-state index in [2.05, 4.69) is 5.32 Å². The number of rotatable bonds is 3. The van der Waals surface area contributed by atoms with E-state index in [0.717, 1.165) is 0 Å². The van der Waals surface area contributed by atoms with Gasteiger partial charge in [-0.3, -0.25) is 4.79 Å². The molecule has 0 aliphatic rings. The molecule has 0 saturated carbocycles. The molecule has 1 aromatic carbocycles. The molecular weight excluding hydrogens is 304 g/mol. The summed E-state index contributed by atoms with van der Waals surface area (Å²) in [5, 5.41) is 7.72. The van der Waals surface area contributed by atoms with Crippen LogP contribution in [0.1, 0.15) is 16.1 Å². The molecule has 8 heteroatoms. The van der Waals surface area contributed by atoms with Crippen LogP contribution in [0.4, 0.5) is 5.69 Å². The van der Waals surface area contributed by atoms with E-state index in [4.69, 9.17) is 21.2 Å². The van der Waals surface area contributed by atoms with Crippen molar-refractivity contribution in [3.05, 3.63) is 46.9 Å². The maximum atomic E-state index is 11.9. The van der Waals surface area contributed by atoms with Crippen LogP contribution >= 0.6 is 11.6 Å². The number of carbonyl (C=O) groups excluding carboxylic acids is 1. The van der Waals surface area contributed by atoms with Crippen molar-refractivity contribution >= 4 is 33.2 Å². The second-order valence-corrected chi connectivity index (χ2v) is 5.93. The zero-order chi connectivity index (χ0) is 14.9. The van der Waals surface area contributed by atoms with E-state index in [9.17, 15) is 13.2 Å². The average Bonchev–Trinajstić information content (AvgIpc) is 2.77. The van der Waals surface area contributed by atoms with Crippen molar-refractivity contribution in [1.29, 1.82) is 0 Å². The molecule has 0 saturated heterocycles. The molecule has 0 aliphatic heterocycles. The number of amides is 1. The molecular formula is C12H11ClN2O4S. The van der Waals surface area contributed by atoms with Crippen LogP contribution in [0.15, 0.2) is 39.6 Å². The highest BCUT2D eigenvalue weighted by molar-refractivity contribution is 7.89. The first-order chi connectivity index (χ1) is 9.29. The number of halogens is 1. The number of carbonyl (C=O) groups is 1. The Labute approximate surface area is 120 Å². The molecule has 3 N–H and O–H groups in total. The highest BCUT2D eigenvalue weighted by Gasteiger charge is 2.17. The molecule has 1 heterocycles. The molecule has 0 radical (unpaired) electrons. The molecule has 0 unspecified atom stereocenters. The molecule has 20 heavy (non-hydrogen) atoms. The molecule has 2 aromatic rings. The maximum absolute atomic E-state index is 11.9. The highest BCUT2D eigenvalue weighted by Crippen LogP contribution is 2.23. The van der Waals surface area contributed by atoms with Crippen LogP contribution < -0.4 is 10.5 Å². The molecule has 1 aromatic heterocycles. The summed E-state index contributed by atoms with van der Waals surface area (Å²) in [7, 11) is -3.85. The average molecular weight is 315 g/mol. The van der Waals surface area contributed by atoms with Gasteiger partial charge in [-0.05, 0) is 48.4 Å². The van der Waals surface area contributed by atoms with Crippen LogP contribution in [-0.2, 0) is 10.0 Å². The first-order valence-corrected chi connectivity index (χ1v) is 7.40. The van der Waals surface area contributed by atoms with Gasteiger partial charge in [-0.2, -0.15) is 0 Å². The fourth-order valence-corrected chi connectivity index (χ4v) is 2.63. The van der Waals surface area contributed by atoms with Crippen LogP contribution in [0.3, 0.4) is 0 Å². The second-order valence-electron chi connectivity index (χ2n) is 4.03. The predicted molar refractivity (Wildman–Crippen MR) is 74.2 cm³/mol. The summed E-state index contributed by atoms with van der Waals surface area (Å²) in [6.45, 7) is 1.55. The van der Waals surface area contributed by atoms with Gasteiger partial charge in [0.1, 0.15) is 0 Å². The number of furan rings is 1. The molecule has 106 valence electrons. The number of sulfonamides is 1. The third-order valence-corrected chi connectivity index (χ3v) is 3.89. The minimum atomic E-state index is -3.85. The number of hydrogen-bond donors (Lipinski definition) is 2. The Morgan fingerprint density at radius 1 is 1.30 bits per heavy atom. The largest absolute Gasteiger partial charge is 0.440 e. The number of hydrogen-bond acceptors (Lipinski definition) is 4. The van der Waals surface area contributed by atoms with Gasteiger partial charge in [-0.25, -0.2) is 13.6 Å². The second kappa shape index (κ2) is 5.28. The molecule has 0 fully saturated rings. The monoisotopic (exact) mass is 314 g/mol. The summed E-state index contributed by atoms with van der Waals surface area (Å²) >= 11 is 5.58. The Kier molecular flexibility index (Phi) is 3.85. The van der Waals surface area contributed by atoms with Gasteiger partial charge in [0.25, 0.3) is 5.91 Å². The van der Waals surface area contributed by atoms with Crippen LogP contribution in [0.2, 0.25) is 5.22 Å². The van der Waals surface area contributed by atoms with Gasteiger partial charge in [0.05, 0.1) is 4.90 Å². The van der Waals surface area contributed by atoms with Gasteiger partial charge in [0.2, 0.25) is 10.0 Å². The fraction of sp³-hybridized carbons (Fsp3) is 0.0833. The van der Waals surface area contributed by atoms with E-state index in [1.54, 1.807) is 13.0 Å². The van der Waals surface area contributed by atoms with Crippen molar-refractivity contribution in [2.24, 2.45) is 5.14 Å². The van der Waals surface area contributed by atoms with Crippen molar-refractivity contribution < 1.29 is 17.6 Å². The molecule has 0 bridgehead atoms. The third-order valence-electron chi connectivity index (χ3n) is 2.64. The van der Waals surface area contributed by atoms with E-state index in [-0.39, 0.29) is 15.9 Å². The van der Waals surface area contributed by atoms with Crippen LogP contribution in [0.25, 0.3) is 0 Å². The summed E-state index contributed by atoms with van der Waals surface area (Å²) in [4.78, 5) is 11.8. The van der Waals surface area contributed by atoms with Gasteiger partial charge < -0.3 is 9.73 Å². The van der Waals surface area contributed by atoms with Crippen molar-refractivity contribution in [2.45, 2.75) is 11.8 Å². The number of nitrogens with two attached hydrogens (primary N) is 1.